The quantitative estimate of drug-likeness (QED) is 0.226. The van der Waals surface area contributed by atoms with Crippen LogP contribution in [0.3, 0.4) is 0 Å². The number of aryl methyl sites for hydroxylation is 1. The number of aliphatic carboxylic acids is 1. The number of aromatic hydroxyl groups is 1. The fourth-order valence-electron chi connectivity index (χ4n) is 6.48. The molecule has 0 radical (unpaired) electrons. The molecule has 2 heterocycles. The molecule has 4 aliphatic rings. The Morgan fingerprint density at radius 1 is 1.11 bits per heavy atom. The number of hydrogen-bond donors (Lipinski definition) is 2. The first-order valence-electron chi connectivity index (χ1n) is 11.7. The summed E-state index contributed by atoms with van der Waals surface area (Å²) in [6.45, 7) is 1.44. The number of carbonyl (C=O) groups excluding carboxylic acids is 4. The molecule has 0 aromatic heterocycles. The Hall–Kier alpha value is -2.43. The summed E-state index contributed by atoms with van der Waals surface area (Å²) in [6, 6.07) is 4.75. The van der Waals surface area contributed by atoms with Gasteiger partial charge in [-0.15, -0.1) is 23.2 Å². The van der Waals surface area contributed by atoms with Gasteiger partial charge in [0.05, 0.1) is 23.7 Å². The van der Waals surface area contributed by atoms with Crippen LogP contribution in [-0.2, 0) is 24.0 Å². The van der Waals surface area contributed by atoms with Gasteiger partial charge < -0.3 is 10.2 Å². The van der Waals surface area contributed by atoms with Gasteiger partial charge in [0.15, 0.2) is 9.75 Å². The molecular formula is C25H23BrCl2N2O7. The molecule has 2 aliphatic heterocycles. The normalized spacial score (nSPS) is 34.9. The van der Waals surface area contributed by atoms with E-state index in [4.69, 9.17) is 28.3 Å². The minimum absolute atomic E-state index is 0.0381. The molecule has 0 bridgehead atoms. The first kappa shape index (κ1) is 26.2. The summed E-state index contributed by atoms with van der Waals surface area (Å²) in [5.74, 6) is -6.59. The van der Waals surface area contributed by atoms with Crippen LogP contribution in [0.15, 0.2) is 29.8 Å². The fourth-order valence-corrected chi connectivity index (χ4v) is 7.90. The number of carbonyl (C=O) groups is 5. The number of carboxylic acid groups (broad SMARTS) is 1. The van der Waals surface area contributed by atoms with Crippen molar-refractivity contribution in [2.45, 2.75) is 41.9 Å². The highest BCUT2D eigenvalue weighted by molar-refractivity contribution is 9.09. The molecule has 1 aromatic carbocycles. The molecule has 2 saturated heterocycles. The highest BCUT2D eigenvalue weighted by Gasteiger charge is 2.76. The zero-order chi connectivity index (χ0) is 27.0. The number of allylic oxidation sites excluding steroid dienone is 2. The number of fused-ring (bicyclic) bond motifs is 4. The molecule has 2 N–H and O–H groups in total. The van der Waals surface area contributed by atoms with Crippen molar-refractivity contribution >= 4 is 68.7 Å². The summed E-state index contributed by atoms with van der Waals surface area (Å²) in [5.41, 5.74) is 1.58. The molecule has 9 nitrogen and oxygen atoms in total. The Kier molecular flexibility index (Phi) is 6.24. The number of benzene rings is 1. The van der Waals surface area contributed by atoms with Crippen LogP contribution < -0.4 is 0 Å². The van der Waals surface area contributed by atoms with Gasteiger partial charge in [-0.25, -0.2) is 0 Å². The lowest BCUT2D eigenvalue weighted by Crippen LogP contribution is -2.60. The fraction of sp³-hybridized carbons (Fsp3) is 0.480. The van der Waals surface area contributed by atoms with Gasteiger partial charge in [0, 0.05) is 12.5 Å². The van der Waals surface area contributed by atoms with Crippen LogP contribution >= 0.6 is 39.1 Å². The van der Waals surface area contributed by atoms with Gasteiger partial charge in [0.2, 0.25) is 11.8 Å². The van der Waals surface area contributed by atoms with E-state index in [-0.39, 0.29) is 37.0 Å². The molecule has 3 fully saturated rings. The number of rotatable bonds is 5. The van der Waals surface area contributed by atoms with Crippen LogP contribution in [0.1, 0.15) is 36.3 Å². The standard InChI is InChI=1S/C25H23BrCl2N2O7/c1-11-8-12(2-5-16(11)31)19-13-3-4-14-18(21(35)29(20(14)34)7-6-17(32)33)15(13)9-24(27)22(36)30(10-26)23(37)25(19,24)28/h2-3,5,8,14-15,18-19,31H,4,6-7,9-10H2,1H3,(H,32,33). The predicted octanol–water partition coefficient (Wildman–Crippen LogP) is 2.89. The highest BCUT2D eigenvalue weighted by atomic mass is 79.9. The Bertz CT molecular complexity index is 1300. The van der Waals surface area contributed by atoms with Crippen LogP contribution in [0.2, 0.25) is 0 Å². The van der Waals surface area contributed by atoms with E-state index in [2.05, 4.69) is 15.9 Å². The van der Waals surface area contributed by atoms with Crippen molar-refractivity contribution in [2.75, 3.05) is 12.0 Å². The van der Waals surface area contributed by atoms with Gasteiger partial charge in [-0.1, -0.05) is 39.7 Å². The second kappa shape index (κ2) is 8.81. The maximum atomic E-state index is 13.7. The van der Waals surface area contributed by atoms with E-state index < -0.39 is 63.0 Å². The maximum Gasteiger partial charge on any atom is 0.305 e. The maximum absolute atomic E-state index is 13.7. The van der Waals surface area contributed by atoms with Crippen LogP contribution in [-0.4, -0.2) is 71.4 Å². The Morgan fingerprint density at radius 3 is 2.43 bits per heavy atom. The number of nitrogens with zero attached hydrogens (tertiary/aromatic N) is 2. The largest absolute Gasteiger partial charge is 0.508 e. The molecular weight excluding hydrogens is 591 g/mol. The van der Waals surface area contributed by atoms with Gasteiger partial charge in [-0.3, -0.25) is 33.8 Å². The summed E-state index contributed by atoms with van der Waals surface area (Å²) in [5, 5.41) is 19.2. The van der Waals surface area contributed by atoms with E-state index >= 15 is 0 Å². The number of hydrogen-bond acceptors (Lipinski definition) is 6. The summed E-state index contributed by atoms with van der Waals surface area (Å²) in [7, 11) is 0. The Morgan fingerprint density at radius 2 is 1.81 bits per heavy atom. The van der Waals surface area contributed by atoms with E-state index in [0.717, 1.165) is 9.80 Å². The van der Waals surface area contributed by atoms with Crippen molar-refractivity contribution < 1.29 is 34.2 Å². The van der Waals surface area contributed by atoms with Crippen molar-refractivity contribution in [3.8, 4) is 5.75 Å². The third kappa shape index (κ3) is 3.44. The smallest absolute Gasteiger partial charge is 0.305 e. The van der Waals surface area contributed by atoms with Gasteiger partial charge in [-0.2, -0.15) is 0 Å². The molecule has 196 valence electrons. The van der Waals surface area contributed by atoms with Crippen molar-refractivity contribution in [1.82, 2.24) is 9.80 Å². The van der Waals surface area contributed by atoms with Crippen LogP contribution in [0.5, 0.6) is 5.75 Å². The monoisotopic (exact) mass is 612 g/mol. The Labute approximate surface area is 230 Å². The number of likely N-dealkylation sites (tertiary alicyclic amines) is 2. The van der Waals surface area contributed by atoms with Crippen molar-refractivity contribution in [3.05, 3.63) is 41.0 Å². The summed E-state index contributed by atoms with van der Waals surface area (Å²) in [6.07, 6.45) is 1.48. The molecule has 1 aromatic rings. The highest BCUT2D eigenvalue weighted by Crippen LogP contribution is 2.65. The number of phenols is 1. The van der Waals surface area contributed by atoms with Gasteiger partial charge in [0.1, 0.15) is 5.75 Å². The molecule has 5 rings (SSSR count). The van der Waals surface area contributed by atoms with Crippen molar-refractivity contribution in [1.29, 1.82) is 0 Å². The van der Waals surface area contributed by atoms with Gasteiger partial charge in [0.25, 0.3) is 11.8 Å². The minimum atomic E-state index is -1.91. The molecule has 6 unspecified atom stereocenters. The second-order valence-electron chi connectivity index (χ2n) is 10.0. The molecule has 0 spiro atoms. The lowest BCUT2D eigenvalue weighted by Gasteiger charge is -2.50. The molecule has 6 atom stereocenters. The third-order valence-corrected chi connectivity index (χ3v) is 10.1. The first-order valence-corrected chi connectivity index (χ1v) is 13.6. The van der Waals surface area contributed by atoms with E-state index in [1.54, 1.807) is 25.1 Å². The minimum Gasteiger partial charge on any atom is -0.508 e. The summed E-state index contributed by atoms with van der Waals surface area (Å²) >= 11 is 17.4. The second-order valence-corrected chi connectivity index (χ2v) is 11.7. The number of carboxylic acids is 1. The molecule has 1 saturated carbocycles. The van der Waals surface area contributed by atoms with Crippen LogP contribution in [0.25, 0.3) is 0 Å². The number of amides is 4. The average molecular weight is 614 g/mol. The summed E-state index contributed by atoms with van der Waals surface area (Å²) in [4.78, 5) is 63.0. The predicted molar refractivity (Wildman–Crippen MR) is 135 cm³/mol. The molecule has 4 amide bonds. The average Bonchev–Trinajstić information content (AvgIpc) is 3.17. The lowest BCUT2D eigenvalue weighted by molar-refractivity contribution is -0.143. The lowest BCUT2D eigenvalue weighted by atomic mass is 9.56. The Balaban J connectivity index is 1.67. The first-order chi connectivity index (χ1) is 17.4. The van der Waals surface area contributed by atoms with E-state index in [1.165, 1.54) is 6.07 Å². The van der Waals surface area contributed by atoms with Crippen LogP contribution in [0.4, 0.5) is 0 Å². The van der Waals surface area contributed by atoms with E-state index in [1.807, 2.05) is 0 Å². The van der Waals surface area contributed by atoms with Crippen LogP contribution in [0, 0.1) is 24.7 Å². The number of alkyl halides is 3. The molecule has 2 aliphatic carbocycles. The number of halogens is 3. The molecule has 37 heavy (non-hydrogen) atoms. The van der Waals surface area contributed by atoms with E-state index in [0.29, 0.717) is 16.7 Å². The molecule has 12 heteroatoms. The number of imide groups is 2. The van der Waals surface area contributed by atoms with Crippen molar-refractivity contribution in [2.24, 2.45) is 17.8 Å². The van der Waals surface area contributed by atoms with Crippen molar-refractivity contribution in [3.63, 3.8) is 0 Å². The third-order valence-electron chi connectivity index (χ3n) is 8.21. The van der Waals surface area contributed by atoms with Gasteiger partial charge in [-0.05, 0) is 42.9 Å². The summed E-state index contributed by atoms with van der Waals surface area (Å²) < 4.78 is 0. The van der Waals surface area contributed by atoms with Gasteiger partial charge >= 0.3 is 5.97 Å². The zero-order valence-electron chi connectivity index (χ0n) is 19.6. The number of phenolic OH excluding ortho intramolecular Hbond substituents is 1. The zero-order valence-corrected chi connectivity index (χ0v) is 22.7. The SMILES string of the molecule is Cc1cc(C2C3=CCC4C(=O)N(CCC(=O)O)C(=O)C4C3CC3(Cl)C(=O)N(CBr)C(=O)C23Cl)ccc1O. The van der Waals surface area contributed by atoms with E-state index in [9.17, 15) is 29.1 Å². The topological polar surface area (TPSA) is 132 Å².